The average molecular weight is 185 g/mol. The lowest BCUT2D eigenvalue weighted by atomic mass is 10.2. The molecule has 0 aromatic heterocycles. The summed E-state index contributed by atoms with van der Waals surface area (Å²) in [5.74, 6) is 0.747. The topological polar surface area (TPSA) is 30.3 Å². The highest BCUT2D eigenvalue weighted by Gasteiger charge is 2.14. The van der Waals surface area contributed by atoms with E-state index in [9.17, 15) is 0 Å². The minimum absolute atomic E-state index is 0.437. The quantitative estimate of drug-likeness (QED) is 0.521. The molecule has 0 saturated carbocycles. The summed E-state index contributed by atoms with van der Waals surface area (Å²) < 4.78 is 0. The molecule has 0 saturated heterocycles. The van der Waals surface area contributed by atoms with Crippen LogP contribution in [-0.4, -0.2) is 48.9 Å². The Labute approximate surface area is 82.2 Å². The molecule has 1 N–H and O–H groups in total. The van der Waals surface area contributed by atoms with Crippen molar-refractivity contribution in [1.82, 2.24) is 9.80 Å². The average Bonchev–Trinajstić information content (AvgIpc) is 2.03. The summed E-state index contributed by atoms with van der Waals surface area (Å²) in [5, 5.41) is 7.78. The molecule has 78 valence electrons. The van der Waals surface area contributed by atoms with Crippen LogP contribution >= 0.6 is 0 Å². The van der Waals surface area contributed by atoms with Gasteiger partial charge >= 0.3 is 0 Å². The summed E-state index contributed by atoms with van der Waals surface area (Å²) in [6, 6.07) is 0.437. The third kappa shape index (κ3) is 4.27. The minimum atomic E-state index is 0.437. The molecule has 13 heavy (non-hydrogen) atoms. The van der Waals surface area contributed by atoms with Gasteiger partial charge in [0.25, 0.3) is 0 Å². The fourth-order valence-corrected chi connectivity index (χ4v) is 1.60. The van der Waals surface area contributed by atoms with E-state index in [0.29, 0.717) is 6.04 Å². The highest BCUT2D eigenvalue weighted by molar-refractivity contribution is 5.79. The van der Waals surface area contributed by atoms with E-state index in [1.165, 1.54) is 0 Å². The Kier molecular flexibility index (Phi) is 5.71. The summed E-state index contributed by atoms with van der Waals surface area (Å²) in [5.41, 5.74) is 0. The predicted molar refractivity (Wildman–Crippen MR) is 58.4 cm³/mol. The first-order valence-corrected chi connectivity index (χ1v) is 5.01. The van der Waals surface area contributed by atoms with E-state index in [1.54, 1.807) is 0 Å². The van der Waals surface area contributed by atoms with E-state index in [0.717, 1.165) is 25.3 Å². The highest BCUT2D eigenvalue weighted by atomic mass is 15.2. The molecule has 3 heteroatoms. The molecule has 0 heterocycles. The van der Waals surface area contributed by atoms with Gasteiger partial charge in [0, 0.05) is 25.6 Å². The lowest BCUT2D eigenvalue weighted by Gasteiger charge is -2.31. The summed E-state index contributed by atoms with van der Waals surface area (Å²) in [4.78, 5) is 4.32. The Hall–Kier alpha value is -0.570. The van der Waals surface area contributed by atoms with Crippen molar-refractivity contribution in [1.29, 1.82) is 5.41 Å². The van der Waals surface area contributed by atoms with Crippen LogP contribution in [0.15, 0.2) is 0 Å². The molecule has 0 spiro atoms. The molecular formula is C10H23N3. The Morgan fingerprint density at radius 3 is 2.15 bits per heavy atom. The molecule has 0 radical (unpaired) electrons. The van der Waals surface area contributed by atoms with Crippen LogP contribution in [0.4, 0.5) is 0 Å². The van der Waals surface area contributed by atoms with Crippen LogP contribution in [0.3, 0.4) is 0 Å². The maximum atomic E-state index is 7.78. The third-order valence-electron chi connectivity index (χ3n) is 2.18. The van der Waals surface area contributed by atoms with Gasteiger partial charge in [0.1, 0.15) is 0 Å². The zero-order chi connectivity index (χ0) is 10.4. The van der Waals surface area contributed by atoms with Crippen molar-refractivity contribution >= 4 is 5.84 Å². The smallest absolute Gasteiger partial charge is 0.0957 e. The molecule has 0 fully saturated rings. The Morgan fingerprint density at radius 2 is 1.85 bits per heavy atom. The number of hydrogen-bond donors (Lipinski definition) is 1. The van der Waals surface area contributed by atoms with Crippen molar-refractivity contribution < 1.29 is 0 Å². The van der Waals surface area contributed by atoms with E-state index in [2.05, 4.69) is 37.7 Å². The van der Waals surface area contributed by atoms with Gasteiger partial charge in [0.2, 0.25) is 0 Å². The molecule has 0 amide bonds. The predicted octanol–water partition coefficient (Wildman–Crippen LogP) is 1.65. The lowest BCUT2D eigenvalue weighted by molar-refractivity contribution is 0.260. The minimum Gasteiger partial charge on any atom is -0.357 e. The van der Waals surface area contributed by atoms with Gasteiger partial charge in [-0.15, -0.1) is 0 Å². The largest absolute Gasteiger partial charge is 0.357 e. The second kappa shape index (κ2) is 5.97. The molecule has 1 atom stereocenters. The van der Waals surface area contributed by atoms with Gasteiger partial charge in [-0.25, -0.2) is 0 Å². The number of rotatable bonds is 5. The van der Waals surface area contributed by atoms with E-state index in [-0.39, 0.29) is 0 Å². The van der Waals surface area contributed by atoms with Gasteiger partial charge in [-0.2, -0.15) is 0 Å². The molecule has 3 nitrogen and oxygen atoms in total. The van der Waals surface area contributed by atoms with Crippen LogP contribution in [0.5, 0.6) is 0 Å². The number of nitrogens with one attached hydrogen (secondary N) is 1. The second-order valence-corrected chi connectivity index (χ2v) is 3.70. The van der Waals surface area contributed by atoms with Crippen LogP contribution in [-0.2, 0) is 0 Å². The fourth-order valence-electron chi connectivity index (χ4n) is 1.60. The summed E-state index contributed by atoms with van der Waals surface area (Å²) >= 11 is 0. The molecule has 0 aliphatic heterocycles. The van der Waals surface area contributed by atoms with Crippen LogP contribution in [0.1, 0.15) is 27.2 Å². The first-order valence-electron chi connectivity index (χ1n) is 5.01. The van der Waals surface area contributed by atoms with Crippen molar-refractivity contribution in [3.8, 4) is 0 Å². The van der Waals surface area contributed by atoms with Gasteiger partial charge in [0.15, 0.2) is 0 Å². The van der Waals surface area contributed by atoms with Crippen LogP contribution in [0.25, 0.3) is 0 Å². The monoisotopic (exact) mass is 185 g/mol. The van der Waals surface area contributed by atoms with Crippen LogP contribution in [0, 0.1) is 5.41 Å². The second-order valence-electron chi connectivity index (χ2n) is 3.70. The van der Waals surface area contributed by atoms with E-state index >= 15 is 0 Å². The van der Waals surface area contributed by atoms with Crippen LogP contribution in [0.2, 0.25) is 0 Å². The first kappa shape index (κ1) is 12.4. The normalized spacial score (nSPS) is 13.1. The first-order chi connectivity index (χ1) is 6.02. The van der Waals surface area contributed by atoms with Gasteiger partial charge in [-0.05, 0) is 27.9 Å². The maximum absolute atomic E-state index is 7.78. The van der Waals surface area contributed by atoms with Crippen molar-refractivity contribution in [2.75, 3.05) is 27.2 Å². The van der Waals surface area contributed by atoms with E-state index in [4.69, 9.17) is 5.41 Å². The number of likely N-dealkylation sites (N-methyl/N-ethyl adjacent to an activating group) is 2. The van der Waals surface area contributed by atoms with Gasteiger partial charge < -0.3 is 9.80 Å². The van der Waals surface area contributed by atoms with Gasteiger partial charge in [-0.1, -0.05) is 6.92 Å². The molecule has 0 aromatic carbocycles. The fraction of sp³-hybridized carbons (Fsp3) is 0.900. The van der Waals surface area contributed by atoms with Crippen molar-refractivity contribution in [3.05, 3.63) is 0 Å². The standard InChI is InChI=1S/C10H23N3/c1-6-10(11)13(7-2)9(3)8-12(4)5/h9,11H,6-8H2,1-5H3. The summed E-state index contributed by atoms with van der Waals surface area (Å²) in [7, 11) is 4.14. The molecule has 1 unspecified atom stereocenters. The Bertz CT molecular complexity index is 154. The Morgan fingerprint density at radius 1 is 1.31 bits per heavy atom. The van der Waals surface area contributed by atoms with Gasteiger partial charge in [0.05, 0.1) is 5.84 Å². The number of nitrogens with zero attached hydrogens (tertiary/aromatic N) is 2. The molecular weight excluding hydrogens is 162 g/mol. The molecule has 0 bridgehead atoms. The van der Waals surface area contributed by atoms with Gasteiger partial charge in [-0.3, -0.25) is 5.41 Å². The SMILES string of the molecule is CCC(=N)N(CC)C(C)CN(C)C. The summed E-state index contributed by atoms with van der Waals surface area (Å²) in [6.45, 7) is 8.26. The molecule has 0 aromatic rings. The van der Waals surface area contributed by atoms with E-state index < -0.39 is 0 Å². The zero-order valence-corrected chi connectivity index (χ0v) is 9.59. The number of amidine groups is 1. The van der Waals surface area contributed by atoms with E-state index in [1.807, 2.05) is 6.92 Å². The van der Waals surface area contributed by atoms with Crippen LogP contribution < -0.4 is 0 Å². The third-order valence-corrected chi connectivity index (χ3v) is 2.18. The number of hydrogen-bond acceptors (Lipinski definition) is 2. The lowest BCUT2D eigenvalue weighted by Crippen LogP contribution is -2.43. The zero-order valence-electron chi connectivity index (χ0n) is 9.59. The molecule has 0 aliphatic rings. The molecule has 0 rings (SSSR count). The highest BCUT2D eigenvalue weighted by Crippen LogP contribution is 2.02. The Balaban J connectivity index is 4.14. The summed E-state index contributed by atoms with van der Waals surface area (Å²) in [6.07, 6.45) is 0.825. The van der Waals surface area contributed by atoms with Crippen molar-refractivity contribution in [2.45, 2.75) is 33.2 Å². The van der Waals surface area contributed by atoms with Crippen molar-refractivity contribution in [2.24, 2.45) is 0 Å². The maximum Gasteiger partial charge on any atom is 0.0957 e. The van der Waals surface area contributed by atoms with Crippen molar-refractivity contribution in [3.63, 3.8) is 0 Å². The molecule has 0 aliphatic carbocycles.